The highest BCUT2D eigenvalue weighted by Gasteiger charge is 2.58. The molecular weight excluding hydrogens is 408 g/mol. The Kier molecular flexibility index (Phi) is 4.91. The first-order valence-electron chi connectivity index (χ1n) is 11.8. The van der Waals surface area contributed by atoms with Gasteiger partial charge >= 0.3 is 0 Å². The van der Waals surface area contributed by atoms with Gasteiger partial charge in [-0.2, -0.15) is 5.26 Å². The summed E-state index contributed by atoms with van der Waals surface area (Å²) < 4.78 is 28.3. The zero-order valence-corrected chi connectivity index (χ0v) is 19.7. The lowest BCUT2D eigenvalue weighted by Crippen LogP contribution is -2.52. The topological polar surface area (TPSA) is 79.0 Å². The molecule has 3 aliphatic carbocycles. The van der Waals surface area contributed by atoms with Crippen LogP contribution < -0.4 is 0 Å². The Morgan fingerprint density at radius 1 is 1.19 bits per heavy atom. The van der Waals surface area contributed by atoms with Gasteiger partial charge in [0, 0.05) is 24.2 Å². The maximum absolute atomic E-state index is 12.3. The Morgan fingerprint density at radius 3 is 2.74 bits per heavy atom. The van der Waals surface area contributed by atoms with E-state index in [1.54, 1.807) is 16.8 Å². The fourth-order valence-corrected chi connectivity index (χ4v) is 8.90. The van der Waals surface area contributed by atoms with Crippen molar-refractivity contribution in [2.24, 2.45) is 34.5 Å². The summed E-state index contributed by atoms with van der Waals surface area (Å²) in [6.45, 7) is 6.24. The summed E-state index contributed by atoms with van der Waals surface area (Å²) in [5.74, 6) is 2.40. The van der Waals surface area contributed by atoms with Crippen molar-refractivity contribution in [1.82, 2.24) is 13.9 Å². The maximum atomic E-state index is 12.3. The van der Waals surface area contributed by atoms with E-state index in [9.17, 15) is 13.7 Å². The first-order chi connectivity index (χ1) is 14.7. The molecule has 0 aromatic carbocycles. The van der Waals surface area contributed by atoms with E-state index in [1.165, 1.54) is 24.8 Å². The van der Waals surface area contributed by atoms with Gasteiger partial charge < -0.3 is 0 Å². The molecule has 2 heterocycles. The molecule has 1 aromatic heterocycles. The Hall–Kier alpha value is -1.65. The fourth-order valence-electron chi connectivity index (χ4n) is 7.99. The van der Waals surface area contributed by atoms with Crippen LogP contribution >= 0.6 is 0 Å². The minimum Gasteiger partial charge on any atom is -0.294 e. The molecule has 31 heavy (non-hydrogen) atoms. The number of hydrogen-bond donors (Lipinski definition) is 0. The third-order valence-electron chi connectivity index (χ3n) is 9.63. The minimum atomic E-state index is -3.13. The van der Waals surface area contributed by atoms with Crippen molar-refractivity contribution in [1.29, 1.82) is 5.26 Å². The number of sulfonamides is 1. The van der Waals surface area contributed by atoms with Crippen LogP contribution in [0.2, 0.25) is 0 Å². The molecule has 0 spiro atoms. The van der Waals surface area contributed by atoms with Gasteiger partial charge in [-0.3, -0.25) is 4.57 Å². The number of fused-ring (bicyclic) bond motifs is 5. The van der Waals surface area contributed by atoms with Gasteiger partial charge in [0.25, 0.3) is 0 Å². The predicted molar refractivity (Wildman–Crippen MR) is 120 cm³/mol. The Morgan fingerprint density at radius 2 is 2.00 bits per heavy atom. The predicted octanol–water partition coefficient (Wildman–Crippen LogP) is 4.12. The van der Waals surface area contributed by atoms with E-state index in [0.29, 0.717) is 42.5 Å². The van der Waals surface area contributed by atoms with Gasteiger partial charge in [0.15, 0.2) is 0 Å². The monoisotopic (exact) mass is 442 g/mol. The standard InChI is InChI=1S/C24H34N4O2S/c1-23-10-4-12-27(31(3,29)30)15-17(23)5-6-19-20-7-8-22(24(20,2)11-9-21(19)23)28-16-26-14-18(28)13-25/h8,14,16-17,19-21H,4-7,9-12,15H2,1-3H3/t17?,19-,20-,21-,23-,24-/m0/s1. The van der Waals surface area contributed by atoms with E-state index in [0.717, 1.165) is 32.1 Å². The van der Waals surface area contributed by atoms with Gasteiger partial charge in [0.05, 0.1) is 18.8 Å². The highest BCUT2D eigenvalue weighted by atomic mass is 32.2. The van der Waals surface area contributed by atoms with E-state index in [4.69, 9.17) is 0 Å². The van der Waals surface area contributed by atoms with Gasteiger partial charge in [-0.15, -0.1) is 0 Å². The van der Waals surface area contributed by atoms with Crippen molar-refractivity contribution in [3.05, 3.63) is 24.3 Å². The van der Waals surface area contributed by atoms with Crippen molar-refractivity contribution in [2.75, 3.05) is 19.3 Å². The fraction of sp³-hybridized carbons (Fsp3) is 0.750. The van der Waals surface area contributed by atoms with Gasteiger partial charge in [0.1, 0.15) is 11.8 Å². The molecule has 4 aliphatic rings. The van der Waals surface area contributed by atoms with Crippen LogP contribution in [-0.4, -0.2) is 41.6 Å². The van der Waals surface area contributed by atoms with Crippen molar-refractivity contribution >= 4 is 15.7 Å². The Labute approximate surface area is 186 Å². The molecule has 6 atom stereocenters. The average molecular weight is 443 g/mol. The second-order valence-corrected chi connectivity index (χ2v) is 12.9. The molecule has 1 saturated heterocycles. The van der Waals surface area contributed by atoms with Crippen LogP contribution in [0.4, 0.5) is 0 Å². The zero-order chi connectivity index (χ0) is 22.0. The van der Waals surface area contributed by atoms with Crippen molar-refractivity contribution in [3.63, 3.8) is 0 Å². The summed E-state index contributed by atoms with van der Waals surface area (Å²) >= 11 is 0. The number of allylic oxidation sites excluding steroid dienone is 2. The van der Waals surface area contributed by atoms with E-state index in [2.05, 4.69) is 31.0 Å². The lowest BCUT2D eigenvalue weighted by atomic mass is 9.47. The van der Waals surface area contributed by atoms with Crippen molar-refractivity contribution in [3.8, 4) is 6.07 Å². The largest absolute Gasteiger partial charge is 0.294 e. The molecule has 0 amide bonds. The molecular formula is C24H34N4O2S. The lowest BCUT2D eigenvalue weighted by molar-refractivity contribution is -0.0802. The smallest absolute Gasteiger partial charge is 0.211 e. The first-order valence-corrected chi connectivity index (χ1v) is 13.6. The van der Waals surface area contributed by atoms with Crippen molar-refractivity contribution in [2.45, 2.75) is 58.8 Å². The van der Waals surface area contributed by atoms with Crippen LogP contribution in [-0.2, 0) is 10.0 Å². The molecule has 3 fully saturated rings. The summed E-state index contributed by atoms with van der Waals surface area (Å²) in [6.07, 6.45) is 15.0. The molecule has 2 saturated carbocycles. The third kappa shape index (κ3) is 3.13. The van der Waals surface area contributed by atoms with Crippen LogP contribution in [0.25, 0.3) is 5.70 Å². The zero-order valence-electron chi connectivity index (χ0n) is 18.9. The number of nitriles is 1. The number of hydrogen-bond acceptors (Lipinski definition) is 4. The molecule has 0 radical (unpaired) electrons. The van der Waals surface area contributed by atoms with Crippen LogP contribution in [0.5, 0.6) is 0 Å². The summed E-state index contributed by atoms with van der Waals surface area (Å²) in [5.41, 5.74) is 2.19. The molecule has 1 aromatic rings. The van der Waals surface area contributed by atoms with Crippen LogP contribution in [0.1, 0.15) is 64.5 Å². The number of imidazole rings is 1. The number of nitrogens with zero attached hydrogens (tertiary/aromatic N) is 4. The lowest BCUT2D eigenvalue weighted by Gasteiger charge is -2.58. The molecule has 7 heteroatoms. The summed E-state index contributed by atoms with van der Waals surface area (Å²) in [6, 6.07) is 2.29. The molecule has 0 N–H and O–H groups in total. The Bertz CT molecular complexity index is 1050. The van der Waals surface area contributed by atoms with E-state index in [1.807, 2.05) is 4.57 Å². The quantitative estimate of drug-likeness (QED) is 0.690. The second kappa shape index (κ2) is 7.18. The van der Waals surface area contributed by atoms with Gasteiger partial charge in [0.2, 0.25) is 10.0 Å². The summed E-state index contributed by atoms with van der Waals surface area (Å²) in [5, 5.41) is 9.52. The minimum absolute atomic E-state index is 0.0835. The molecule has 168 valence electrons. The van der Waals surface area contributed by atoms with E-state index >= 15 is 0 Å². The van der Waals surface area contributed by atoms with E-state index < -0.39 is 10.0 Å². The normalized spacial score (nSPS) is 40.8. The number of aromatic nitrogens is 2. The molecule has 6 nitrogen and oxygen atoms in total. The Balaban J connectivity index is 1.43. The highest BCUT2D eigenvalue weighted by molar-refractivity contribution is 7.88. The molecule has 1 unspecified atom stereocenters. The molecule has 1 aliphatic heterocycles. The summed E-state index contributed by atoms with van der Waals surface area (Å²) in [7, 11) is -3.13. The average Bonchev–Trinajstić information content (AvgIpc) is 3.26. The van der Waals surface area contributed by atoms with Crippen molar-refractivity contribution < 1.29 is 8.42 Å². The van der Waals surface area contributed by atoms with Crippen LogP contribution in [0, 0.1) is 45.8 Å². The molecule has 0 bridgehead atoms. The van der Waals surface area contributed by atoms with Crippen LogP contribution in [0.3, 0.4) is 0 Å². The van der Waals surface area contributed by atoms with Gasteiger partial charge in [-0.25, -0.2) is 17.7 Å². The van der Waals surface area contributed by atoms with Crippen LogP contribution in [0.15, 0.2) is 18.6 Å². The summed E-state index contributed by atoms with van der Waals surface area (Å²) in [4.78, 5) is 4.24. The first kappa shape index (κ1) is 21.2. The molecule has 5 rings (SSSR count). The SMILES string of the molecule is C[C@]12CCCN(S(C)(=O)=O)CC1CC[C@@H]1[C@@H]2CC[C@]2(C)C(n3cncc3C#N)=CC[C@@H]12. The van der Waals surface area contributed by atoms with Gasteiger partial charge in [-0.1, -0.05) is 19.9 Å². The van der Waals surface area contributed by atoms with E-state index in [-0.39, 0.29) is 10.8 Å². The maximum Gasteiger partial charge on any atom is 0.211 e. The number of rotatable bonds is 2. The second-order valence-electron chi connectivity index (χ2n) is 10.9. The third-order valence-corrected chi connectivity index (χ3v) is 10.9. The van der Waals surface area contributed by atoms with Gasteiger partial charge in [-0.05, 0) is 74.0 Å². The highest BCUT2D eigenvalue weighted by Crippen LogP contribution is 2.66.